The molecule has 0 saturated carbocycles. The Labute approximate surface area is 189 Å². The fourth-order valence-corrected chi connectivity index (χ4v) is 3.78. The van der Waals surface area contributed by atoms with E-state index in [1.807, 2.05) is 36.4 Å². The topological polar surface area (TPSA) is 96.9 Å². The van der Waals surface area contributed by atoms with E-state index in [4.69, 9.17) is 4.74 Å². The first-order valence-electron chi connectivity index (χ1n) is 9.27. The fraction of sp³-hybridized carbons (Fsp3) is 0.0909. The highest BCUT2D eigenvalue weighted by molar-refractivity contribution is 9.10. The molecule has 31 heavy (non-hydrogen) atoms. The molecule has 0 saturated heterocycles. The van der Waals surface area contributed by atoms with E-state index in [0.29, 0.717) is 17.9 Å². The molecular weight excluding hydrogens is 482 g/mol. The largest absolute Gasteiger partial charge is 0.488 e. The van der Waals surface area contributed by atoms with Crippen LogP contribution in [0.2, 0.25) is 0 Å². The van der Waals surface area contributed by atoms with E-state index in [1.165, 1.54) is 18.3 Å². The van der Waals surface area contributed by atoms with Crippen LogP contribution in [0.4, 0.5) is 0 Å². The Hall–Kier alpha value is -3.01. The van der Waals surface area contributed by atoms with Crippen molar-refractivity contribution in [2.45, 2.75) is 11.5 Å². The molecule has 0 atom stereocenters. The predicted octanol–water partition coefficient (Wildman–Crippen LogP) is 3.46. The summed E-state index contributed by atoms with van der Waals surface area (Å²) in [7, 11) is -3.76. The van der Waals surface area contributed by atoms with Crippen LogP contribution < -0.4 is 14.9 Å². The number of ether oxygens (including phenoxy) is 1. The highest BCUT2D eigenvalue weighted by Crippen LogP contribution is 2.18. The van der Waals surface area contributed by atoms with Crippen LogP contribution in [0.25, 0.3) is 0 Å². The highest BCUT2D eigenvalue weighted by atomic mass is 79.9. The summed E-state index contributed by atoms with van der Waals surface area (Å²) in [6.07, 6.45) is 1.44. The quantitative estimate of drug-likeness (QED) is 0.346. The van der Waals surface area contributed by atoms with E-state index in [9.17, 15) is 13.2 Å². The van der Waals surface area contributed by atoms with Crippen molar-refractivity contribution in [3.63, 3.8) is 0 Å². The lowest BCUT2D eigenvalue weighted by Crippen LogP contribution is -2.34. The summed E-state index contributed by atoms with van der Waals surface area (Å²) in [5.74, 6) is 0.0113. The number of halogens is 1. The van der Waals surface area contributed by atoms with Crippen LogP contribution in [0, 0.1) is 0 Å². The lowest BCUT2D eigenvalue weighted by Gasteiger charge is -2.09. The van der Waals surface area contributed by atoms with E-state index >= 15 is 0 Å². The molecular formula is C22H20BrN3O4S. The molecule has 9 heteroatoms. The third-order valence-corrected chi connectivity index (χ3v) is 6.04. The Bertz CT molecular complexity index is 1150. The predicted molar refractivity (Wildman–Crippen MR) is 122 cm³/mol. The second-order valence-electron chi connectivity index (χ2n) is 6.38. The van der Waals surface area contributed by atoms with E-state index in [0.717, 1.165) is 10.0 Å². The lowest BCUT2D eigenvalue weighted by atomic mass is 10.2. The summed E-state index contributed by atoms with van der Waals surface area (Å²) in [5, 5.41) is 3.90. The maximum absolute atomic E-state index is 12.1. The Morgan fingerprint density at radius 3 is 2.39 bits per heavy atom. The molecule has 0 aliphatic rings. The smallest absolute Gasteiger partial charge is 0.255 e. The van der Waals surface area contributed by atoms with Gasteiger partial charge in [-0.1, -0.05) is 58.4 Å². The highest BCUT2D eigenvalue weighted by Gasteiger charge is 2.14. The van der Waals surface area contributed by atoms with Gasteiger partial charge in [0.1, 0.15) is 12.4 Å². The van der Waals surface area contributed by atoms with Gasteiger partial charge in [0.25, 0.3) is 5.91 Å². The second kappa shape index (κ2) is 10.9. The molecule has 0 aromatic heterocycles. The van der Waals surface area contributed by atoms with Crippen LogP contribution in [0.1, 0.15) is 11.1 Å². The van der Waals surface area contributed by atoms with Gasteiger partial charge in [-0.15, -0.1) is 0 Å². The molecule has 7 nitrogen and oxygen atoms in total. The van der Waals surface area contributed by atoms with Crippen molar-refractivity contribution >= 4 is 38.1 Å². The van der Waals surface area contributed by atoms with E-state index < -0.39 is 22.5 Å². The van der Waals surface area contributed by atoms with Crippen LogP contribution in [-0.2, 0) is 21.4 Å². The number of carbonyl (C=O) groups excluding carboxylic acids is 1. The van der Waals surface area contributed by atoms with Gasteiger partial charge in [0.05, 0.1) is 17.7 Å². The summed E-state index contributed by atoms with van der Waals surface area (Å²) in [6.45, 7) is -0.0535. The Morgan fingerprint density at radius 2 is 1.65 bits per heavy atom. The maximum atomic E-state index is 12.1. The Morgan fingerprint density at radius 1 is 0.968 bits per heavy atom. The number of benzene rings is 3. The molecule has 0 bridgehead atoms. The number of nitrogens with one attached hydrogen (secondary N) is 2. The first-order valence-corrected chi connectivity index (χ1v) is 11.5. The molecule has 3 aromatic rings. The second-order valence-corrected chi connectivity index (χ2v) is 9.07. The van der Waals surface area contributed by atoms with Gasteiger partial charge in [-0.2, -0.15) is 5.10 Å². The number of nitrogens with zero attached hydrogens (tertiary/aromatic N) is 1. The van der Waals surface area contributed by atoms with E-state index in [2.05, 4.69) is 31.2 Å². The summed E-state index contributed by atoms with van der Waals surface area (Å²) in [4.78, 5) is 12.0. The van der Waals surface area contributed by atoms with Crippen LogP contribution in [-0.4, -0.2) is 27.1 Å². The molecule has 0 aliphatic heterocycles. The summed E-state index contributed by atoms with van der Waals surface area (Å²) < 4.78 is 33.3. The van der Waals surface area contributed by atoms with Crippen molar-refractivity contribution in [2.75, 3.05) is 6.54 Å². The average molecular weight is 502 g/mol. The normalized spacial score (nSPS) is 11.4. The zero-order valence-corrected chi connectivity index (χ0v) is 18.8. The van der Waals surface area contributed by atoms with Crippen molar-refractivity contribution in [3.05, 3.63) is 94.5 Å². The minimum Gasteiger partial charge on any atom is -0.488 e. The number of para-hydroxylation sites is 1. The number of hydrogen-bond donors (Lipinski definition) is 2. The number of hydrogen-bond acceptors (Lipinski definition) is 5. The monoisotopic (exact) mass is 501 g/mol. The molecule has 0 spiro atoms. The van der Waals surface area contributed by atoms with Crippen molar-refractivity contribution in [3.8, 4) is 5.75 Å². The minimum atomic E-state index is -3.76. The number of hydrazone groups is 1. The van der Waals surface area contributed by atoms with E-state index in [-0.39, 0.29) is 4.90 Å². The summed E-state index contributed by atoms with van der Waals surface area (Å²) in [6, 6.07) is 22.9. The molecule has 0 radical (unpaired) electrons. The third-order valence-electron chi connectivity index (χ3n) is 4.10. The number of amides is 1. The van der Waals surface area contributed by atoms with Crippen molar-refractivity contribution in [1.29, 1.82) is 0 Å². The molecule has 1 amide bonds. The Kier molecular flexibility index (Phi) is 7.94. The fourth-order valence-electron chi connectivity index (χ4n) is 2.52. The first kappa shape index (κ1) is 22.7. The zero-order valence-electron chi connectivity index (χ0n) is 16.4. The van der Waals surface area contributed by atoms with Crippen molar-refractivity contribution < 1.29 is 17.9 Å². The first-order chi connectivity index (χ1) is 14.9. The van der Waals surface area contributed by atoms with Crippen LogP contribution in [0.15, 0.2) is 93.3 Å². The molecule has 0 aliphatic carbocycles. The van der Waals surface area contributed by atoms with Crippen LogP contribution >= 0.6 is 15.9 Å². The standard InChI is InChI=1S/C22H20BrN3O4S/c23-19-12-10-17(11-13-19)16-30-21-9-5-4-6-18(21)14-24-26-22(27)15-25-31(28,29)20-7-2-1-3-8-20/h1-14,25H,15-16H2,(H,26,27). The van der Waals surface area contributed by atoms with Gasteiger partial charge in [-0.05, 0) is 42.0 Å². The molecule has 2 N–H and O–H groups in total. The molecule has 0 fully saturated rings. The van der Waals surface area contributed by atoms with Gasteiger partial charge in [0.15, 0.2) is 0 Å². The minimum absolute atomic E-state index is 0.0863. The van der Waals surface area contributed by atoms with Gasteiger partial charge in [-0.3, -0.25) is 4.79 Å². The van der Waals surface area contributed by atoms with Crippen LogP contribution in [0.5, 0.6) is 5.75 Å². The number of sulfonamides is 1. The summed E-state index contributed by atoms with van der Waals surface area (Å²) >= 11 is 3.40. The number of carbonyl (C=O) groups is 1. The van der Waals surface area contributed by atoms with Crippen molar-refractivity contribution in [1.82, 2.24) is 10.1 Å². The molecule has 0 heterocycles. The molecule has 3 rings (SSSR count). The maximum Gasteiger partial charge on any atom is 0.255 e. The van der Waals surface area contributed by atoms with Gasteiger partial charge in [0.2, 0.25) is 10.0 Å². The van der Waals surface area contributed by atoms with Gasteiger partial charge in [0, 0.05) is 10.0 Å². The summed E-state index contributed by atoms with van der Waals surface area (Å²) in [5.41, 5.74) is 3.98. The zero-order chi connectivity index (χ0) is 22.1. The van der Waals surface area contributed by atoms with E-state index in [1.54, 1.807) is 30.3 Å². The Balaban J connectivity index is 1.53. The average Bonchev–Trinajstić information content (AvgIpc) is 2.79. The third kappa shape index (κ3) is 7.02. The van der Waals surface area contributed by atoms with Crippen LogP contribution in [0.3, 0.4) is 0 Å². The molecule has 3 aromatic carbocycles. The van der Waals surface area contributed by atoms with Crippen molar-refractivity contribution in [2.24, 2.45) is 5.10 Å². The molecule has 0 unspecified atom stereocenters. The SMILES string of the molecule is O=C(CNS(=O)(=O)c1ccccc1)NN=Cc1ccccc1OCc1ccc(Br)cc1. The molecule has 160 valence electrons. The van der Waals surface area contributed by atoms with Gasteiger partial charge < -0.3 is 4.74 Å². The van der Waals surface area contributed by atoms with Gasteiger partial charge >= 0.3 is 0 Å². The lowest BCUT2D eigenvalue weighted by molar-refractivity contribution is -0.119. The number of rotatable bonds is 9. The van der Waals surface area contributed by atoms with Gasteiger partial charge in [-0.25, -0.2) is 18.6 Å².